The van der Waals surface area contributed by atoms with E-state index >= 15 is 0 Å². The number of H-pyrrole nitrogens is 1. The highest BCUT2D eigenvalue weighted by Crippen LogP contribution is 2.24. The van der Waals surface area contributed by atoms with E-state index in [4.69, 9.17) is 16.7 Å². The van der Waals surface area contributed by atoms with Crippen LogP contribution in [-0.2, 0) is 16.8 Å². The third-order valence-corrected chi connectivity index (χ3v) is 5.13. The molecule has 0 radical (unpaired) electrons. The molecule has 0 spiro atoms. The highest BCUT2D eigenvalue weighted by Gasteiger charge is 2.41. The Labute approximate surface area is 201 Å². The van der Waals surface area contributed by atoms with Crippen LogP contribution >= 0.6 is 0 Å². The lowest BCUT2D eigenvalue weighted by Crippen LogP contribution is -2.57. The number of nitrogens with two attached hydrogens (primary N) is 2. The minimum Gasteiger partial charge on any atom is -0.399 e. The zero-order valence-corrected chi connectivity index (χ0v) is 18.8. The maximum atomic E-state index is 12.7. The molecule has 2 unspecified atom stereocenters. The number of imidazole rings is 1. The number of aliphatic hydroxyl groups is 1. The minimum atomic E-state index is -1.95. The number of hydroxylamine groups is 1. The molecule has 3 rings (SSSR count). The predicted molar refractivity (Wildman–Crippen MR) is 129 cm³/mol. The number of aromatic nitrogens is 2. The van der Waals surface area contributed by atoms with E-state index < -0.39 is 23.5 Å². The minimum absolute atomic E-state index is 0.0182. The maximum absolute atomic E-state index is 12.7. The summed E-state index contributed by atoms with van der Waals surface area (Å²) in [5.41, 5.74) is 13.3. The first kappa shape index (κ1) is 24.9. The van der Waals surface area contributed by atoms with E-state index in [0.717, 1.165) is 11.1 Å². The van der Waals surface area contributed by atoms with Crippen molar-refractivity contribution in [1.82, 2.24) is 20.8 Å². The summed E-state index contributed by atoms with van der Waals surface area (Å²) < 4.78 is 0. The summed E-state index contributed by atoms with van der Waals surface area (Å²) in [7, 11) is 0. The number of hydrogen-bond donors (Lipinski definition) is 7. The summed E-state index contributed by atoms with van der Waals surface area (Å²) in [6.07, 6.45) is 1.65. The number of benzene rings is 2. The Morgan fingerprint density at radius 3 is 2.40 bits per heavy atom. The number of rotatable bonds is 6. The van der Waals surface area contributed by atoms with Crippen molar-refractivity contribution in [3.8, 4) is 23.7 Å². The molecule has 0 aliphatic carbocycles. The van der Waals surface area contributed by atoms with E-state index in [0.29, 0.717) is 12.1 Å². The lowest BCUT2D eigenvalue weighted by Gasteiger charge is -2.30. The van der Waals surface area contributed by atoms with Gasteiger partial charge in [0.1, 0.15) is 11.6 Å². The van der Waals surface area contributed by atoms with E-state index in [-0.39, 0.29) is 17.2 Å². The van der Waals surface area contributed by atoms with Gasteiger partial charge in [-0.05, 0) is 60.7 Å². The second kappa shape index (κ2) is 10.9. The number of carbonyl (C=O) groups is 2. The molecule has 178 valence electrons. The Kier molecular flexibility index (Phi) is 7.74. The predicted octanol–water partition coefficient (Wildman–Crippen LogP) is 0.683. The molecule has 0 bridgehead atoms. The van der Waals surface area contributed by atoms with Gasteiger partial charge >= 0.3 is 0 Å². The zero-order valence-electron chi connectivity index (χ0n) is 18.8. The van der Waals surface area contributed by atoms with Gasteiger partial charge in [-0.25, -0.2) is 10.5 Å². The molecule has 1 heterocycles. The van der Waals surface area contributed by atoms with Gasteiger partial charge in [-0.1, -0.05) is 24.0 Å². The molecule has 9 N–H and O–H groups in total. The van der Waals surface area contributed by atoms with E-state index in [1.54, 1.807) is 36.4 Å². The number of aromatic amines is 1. The van der Waals surface area contributed by atoms with Crippen LogP contribution in [0.2, 0.25) is 0 Å². The smallest absolute Gasteiger partial charge is 0.269 e. The van der Waals surface area contributed by atoms with Gasteiger partial charge < -0.3 is 26.9 Å². The lowest BCUT2D eigenvalue weighted by atomic mass is 9.92. The zero-order chi connectivity index (χ0) is 25.4. The fourth-order valence-corrected chi connectivity index (χ4v) is 3.12. The second-order valence-corrected chi connectivity index (χ2v) is 7.76. The molecule has 0 saturated heterocycles. The third-order valence-electron chi connectivity index (χ3n) is 5.13. The van der Waals surface area contributed by atoms with Crippen LogP contribution in [0, 0.1) is 23.7 Å². The number of nitrogens with one attached hydrogen (secondary N) is 3. The first-order chi connectivity index (χ1) is 16.7. The van der Waals surface area contributed by atoms with Gasteiger partial charge in [0.2, 0.25) is 0 Å². The molecule has 0 aliphatic rings. The normalized spacial score (nSPS) is 12.7. The van der Waals surface area contributed by atoms with Crippen LogP contribution in [0.25, 0.3) is 0 Å². The number of anilines is 2. The van der Waals surface area contributed by atoms with Crippen molar-refractivity contribution in [3.05, 3.63) is 77.1 Å². The quantitative estimate of drug-likeness (QED) is 0.119. The molecule has 3 aromatic rings. The largest absolute Gasteiger partial charge is 0.399 e. The van der Waals surface area contributed by atoms with Crippen LogP contribution < -0.4 is 22.3 Å². The highest BCUT2D eigenvalue weighted by molar-refractivity contribution is 5.97. The second-order valence-electron chi connectivity index (χ2n) is 7.76. The van der Waals surface area contributed by atoms with Gasteiger partial charge in [0.15, 0.2) is 5.95 Å². The summed E-state index contributed by atoms with van der Waals surface area (Å²) in [4.78, 5) is 31.3. The van der Waals surface area contributed by atoms with Crippen molar-refractivity contribution in [2.45, 2.75) is 25.0 Å². The molecule has 0 aliphatic heterocycles. The highest BCUT2D eigenvalue weighted by atomic mass is 16.5. The van der Waals surface area contributed by atoms with Crippen LogP contribution in [-0.4, -0.2) is 38.1 Å². The summed E-state index contributed by atoms with van der Waals surface area (Å²) in [6, 6.07) is 12.1. The summed E-state index contributed by atoms with van der Waals surface area (Å²) >= 11 is 0. The summed E-state index contributed by atoms with van der Waals surface area (Å²) in [5.74, 6) is 9.77. The lowest BCUT2D eigenvalue weighted by molar-refractivity contribution is -0.138. The van der Waals surface area contributed by atoms with Gasteiger partial charge in [0.25, 0.3) is 11.8 Å². The Bertz CT molecular complexity index is 1320. The van der Waals surface area contributed by atoms with Crippen LogP contribution in [0.1, 0.15) is 34.1 Å². The van der Waals surface area contributed by atoms with E-state index in [9.17, 15) is 14.7 Å². The molecule has 0 saturated carbocycles. The molecule has 10 heteroatoms. The molecule has 35 heavy (non-hydrogen) atoms. The van der Waals surface area contributed by atoms with Crippen LogP contribution in [0.15, 0.2) is 54.7 Å². The topological polar surface area (TPSA) is 179 Å². The Morgan fingerprint density at radius 1 is 1.11 bits per heavy atom. The van der Waals surface area contributed by atoms with Crippen molar-refractivity contribution < 1.29 is 19.9 Å². The molecule has 10 nitrogen and oxygen atoms in total. The molecule has 2 aromatic carbocycles. The average Bonchev–Trinajstić information content (AvgIpc) is 3.30. The number of carbonyl (C=O) groups excluding carboxylic acids is 2. The molecule has 0 fully saturated rings. The number of hydrogen-bond acceptors (Lipinski definition) is 7. The fourth-order valence-electron chi connectivity index (χ4n) is 3.12. The molecular weight excluding hydrogens is 448 g/mol. The van der Waals surface area contributed by atoms with Crippen molar-refractivity contribution >= 4 is 23.5 Å². The maximum Gasteiger partial charge on any atom is 0.269 e. The van der Waals surface area contributed by atoms with E-state index in [1.807, 2.05) is 12.1 Å². The van der Waals surface area contributed by atoms with Crippen LogP contribution in [0.4, 0.5) is 11.6 Å². The van der Waals surface area contributed by atoms with Gasteiger partial charge in [-0.2, -0.15) is 0 Å². The van der Waals surface area contributed by atoms with Crippen molar-refractivity contribution in [2.24, 2.45) is 0 Å². The monoisotopic (exact) mass is 472 g/mol. The fraction of sp³-hybridized carbons (Fsp3) is 0.160. The Hall–Kier alpha value is -4.77. The summed E-state index contributed by atoms with van der Waals surface area (Å²) in [5, 5.41) is 22.4. The van der Waals surface area contributed by atoms with E-state index in [2.05, 4.69) is 39.0 Å². The number of nitrogen functional groups attached to an aromatic ring is 2. The van der Waals surface area contributed by atoms with Crippen molar-refractivity contribution in [3.63, 3.8) is 0 Å². The first-order valence-corrected chi connectivity index (χ1v) is 10.4. The van der Waals surface area contributed by atoms with Crippen molar-refractivity contribution in [1.29, 1.82) is 0 Å². The third kappa shape index (κ3) is 6.39. The van der Waals surface area contributed by atoms with Crippen molar-refractivity contribution in [2.75, 3.05) is 11.5 Å². The standard InChI is InChI=1S/C25H24N6O4/c1-25(34,20-15-28-24(27)29-20)21(23(33)31-35)30-22(32)18-11-7-16(8-12-18)5-3-2-4-6-17-9-13-19(26)14-10-17/h7-15,21,34-35H,5,26H2,1H3,(H,30,32)(H,31,33)(H3,27,28,29). The SMILES string of the molecule is CC(O)(c1cnc(N)[nH]1)C(NC(=O)c1ccc(CC#CC#Cc2ccc(N)cc2)cc1)C(=O)NO. The summed E-state index contributed by atoms with van der Waals surface area (Å²) in [6.45, 7) is 1.28. The number of amides is 2. The van der Waals surface area contributed by atoms with Crippen LogP contribution in [0.5, 0.6) is 0 Å². The van der Waals surface area contributed by atoms with Crippen LogP contribution in [0.3, 0.4) is 0 Å². The molecule has 2 atom stereocenters. The molecular formula is C25H24N6O4. The van der Waals surface area contributed by atoms with Gasteiger partial charge in [-0.3, -0.25) is 14.8 Å². The van der Waals surface area contributed by atoms with E-state index in [1.165, 1.54) is 18.6 Å². The van der Waals surface area contributed by atoms with Gasteiger partial charge in [0, 0.05) is 23.2 Å². The molecule has 1 aromatic heterocycles. The Balaban J connectivity index is 1.65. The van der Waals surface area contributed by atoms with Gasteiger partial charge in [-0.15, -0.1) is 0 Å². The molecule has 2 amide bonds. The average molecular weight is 473 g/mol. The Morgan fingerprint density at radius 2 is 1.80 bits per heavy atom. The first-order valence-electron chi connectivity index (χ1n) is 10.4. The van der Waals surface area contributed by atoms with Gasteiger partial charge in [0.05, 0.1) is 11.9 Å². The number of nitrogens with zero attached hydrogens (tertiary/aromatic N) is 1.